The number of carbonyl (C=O) groups excluding carboxylic acids is 3. The molecular weight excluding hydrogens is 396 g/mol. The lowest BCUT2D eigenvalue weighted by molar-refractivity contribution is -0.131. The minimum Gasteiger partial charge on any atom is -0.462 e. The Morgan fingerprint density at radius 2 is 2.06 bits per heavy atom. The molecule has 1 aliphatic heterocycles. The van der Waals surface area contributed by atoms with E-state index in [1.165, 1.54) is 0 Å². The molecule has 1 heterocycles. The van der Waals surface area contributed by atoms with Crippen molar-refractivity contribution in [2.45, 2.75) is 39.5 Å². The molecule has 0 saturated carbocycles. The molecule has 1 fully saturated rings. The van der Waals surface area contributed by atoms with Crippen LogP contribution in [0.1, 0.15) is 49.9 Å². The molecule has 0 unspecified atom stereocenters. The largest absolute Gasteiger partial charge is 0.462 e. The summed E-state index contributed by atoms with van der Waals surface area (Å²) in [6.07, 6.45) is 2.40. The number of piperidine rings is 1. The Balaban J connectivity index is 1.94. The van der Waals surface area contributed by atoms with Gasteiger partial charge in [-0.1, -0.05) is 19.4 Å². The molecule has 1 aromatic carbocycles. The second-order valence-corrected chi connectivity index (χ2v) is 7.82. The topological polar surface area (TPSA) is 103 Å². The molecule has 0 spiro atoms. The van der Waals surface area contributed by atoms with Gasteiger partial charge in [0.1, 0.15) is 0 Å². The highest BCUT2D eigenvalue weighted by molar-refractivity contribution is 5.94. The zero-order chi connectivity index (χ0) is 22.8. The van der Waals surface area contributed by atoms with E-state index in [9.17, 15) is 14.4 Å². The maximum Gasteiger partial charge on any atom is 0.338 e. The fraction of sp³-hybridized carbons (Fsp3) is 0.565. The minimum absolute atomic E-state index is 0.0485. The predicted octanol–water partition coefficient (Wildman–Crippen LogP) is 3.51. The summed E-state index contributed by atoms with van der Waals surface area (Å²) in [6, 6.07) is 8.55. The molecule has 3 amide bonds. The number of hydrogen-bond acceptors (Lipinski definition) is 5. The number of nitrogens with zero attached hydrogens (tertiary/aromatic N) is 3. The molecule has 2 rings (SSSR count). The Morgan fingerprint density at radius 1 is 1.29 bits per heavy atom. The highest BCUT2D eigenvalue weighted by Crippen LogP contribution is 2.30. The molecule has 168 valence electrons. The number of likely N-dealkylation sites (tertiary alicyclic amines) is 1. The summed E-state index contributed by atoms with van der Waals surface area (Å²) in [5, 5.41) is 11.6. The Hall–Kier alpha value is -3.08. The van der Waals surface area contributed by atoms with Crippen molar-refractivity contribution in [3.8, 4) is 6.07 Å². The van der Waals surface area contributed by atoms with Crippen LogP contribution in [-0.2, 0) is 9.53 Å². The standard InChI is InChI=1S/C23H32N4O4/c1-4-17-16-27(13-10-18(17)15-21(28)26(3)12-7-11-24)23(30)25-20-9-6-8-19(14-20)22(29)31-5-2/h6,8-9,14,17-18H,4-5,7,10,12-13,15-16H2,1-3H3,(H,25,30)/t17-,18-/m0/s1. The predicted molar refractivity (Wildman–Crippen MR) is 117 cm³/mol. The van der Waals surface area contributed by atoms with Crippen molar-refractivity contribution in [2.75, 3.05) is 38.6 Å². The fourth-order valence-electron chi connectivity index (χ4n) is 3.86. The van der Waals surface area contributed by atoms with Gasteiger partial charge in [-0.2, -0.15) is 5.26 Å². The van der Waals surface area contributed by atoms with Crippen LogP contribution in [0.25, 0.3) is 0 Å². The average Bonchev–Trinajstić information content (AvgIpc) is 2.77. The lowest BCUT2D eigenvalue weighted by Gasteiger charge is -2.38. The molecule has 0 radical (unpaired) electrons. The first kappa shape index (κ1) is 24.2. The molecule has 0 bridgehead atoms. The second-order valence-electron chi connectivity index (χ2n) is 7.82. The first-order valence-electron chi connectivity index (χ1n) is 10.8. The van der Waals surface area contributed by atoms with Gasteiger partial charge in [0.2, 0.25) is 5.91 Å². The van der Waals surface area contributed by atoms with Gasteiger partial charge in [-0.15, -0.1) is 0 Å². The summed E-state index contributed by atoms with van der Waals surface area (Å²) < 4.78 is 5.01. The minimum atomic E-state index is -0.421. The highest BCUT2D eigenvalue weighted by atomic mass is 16.5. The smallest absolute Gasteiger partial charge is 0.338 e. The van der Waals surface area contributed by atoms with Gasteiger partial charge in [0, 0.05) is 38.8 Å². The number of nitrogens with one attached hydrogen (secondary N) is 1. The highest BCUT2D eigenvalue weighted by Gasteiger charge is 2.32. The first-order valence-corrected chi connectivity index (χ1v) is 10.8. The number of anilines is 1. The summed E-state index contributed by atoms with van der Waals surface area (Å²) in [5.74, 6) is 0.0826. The summed E-state index contributed by atoms with van der Waals surface area (Å²) in [5.41, 5.74) is 0.934. The zero-order valence-electron chi connectivity index (χ0n) is 18.6. The number of urea groups is 1. The molecule has 8 heteroatoms. The van der Waals surface area contributed by atoms with Gasteiger partial charge in [0.05, 0.1) is 24.7 Å². The van der Waals surface area contributed by atoms with Crippen molar-refractivity contribution in [2.24, 2.45) is 11.8 Å². The lowest BCUT2D eigenvalue weighted by atomic mass is 9.81. The van der Waals surface area contributed by atoms with E-state index in [0.717, 1.165) is 12.8 Å². The van der Waals surface area contributed by atoms with Crippen LogP contribution >= 0.6 is 0 Å². The van der Waals surface area contributed by atoms with Crippen LogP contribution in [0.4, 0.5) is 10.5 Å². The third kappa shape index (κ3) is 6.99. The first-order chi connectivity index (χ1) is 14.9. The van der Waals surface area contributed by atoms with Crippen LogP contribution in [0.5, 0.6) is 0 Å². The third-order valence-corrected chi connectivity index (χ3v) is 5.75. The summed E-state index contributed by atoms with van der Waals surface area (Å²) >= 11 is 0. The molecule has 1 saturated heterocycles. The number of nitriles is 1. The van der Waals surface area contributed by atoms with Crippen LogP contribution in [-0.4, -0.2) is 61.0 Å². The Kier molecular flexibility index (Phi) is 9.32. The molecule has 1 N–H and O–H groups in total. The molecule has 1 aliphatic rings. The van der Waals surface area contributed by atoms with Crippen LogP contribution in [0.3, 0.4) is 0 Å². The molecule has 8 nitrogen and oxygen atoms in total. The Morgan fingerprint density at radius 3 is 2.74 bits per heavy atom. The molecule has 31 heavy (non-hydrogen) atoms. The van der Waals surface area contributed by atoms with E-state index in [1.807, 2.05) is 0 Å². The SMILES string of the molecule is CCOC(=O)c1cccc(NC(=O)N2CC[C@@H](CC(=O)N(C)CCC#N)[C@@H](CC)C2)c1. The maximum atomic E-state index is 12.8. The quantitative estimate of drug-likeness (QED) is 0.638. The van der Waals surface area contributed by atoms with Crippen LogP contribution in [0.15, 0.2) is 24.3 Å². The van der Waals surface area contributed by atoms with Gasteiger partial charge < -0.3 is 19.9 Å². The maximum absolute atomic E-state index is 12.8. The molecule has 2 atom stereocenters. The normalized spacial score (nSPS) is 18.1. The van der Waals surface area contributed by atoms with Crippen molar-refractivity contribution < 1.29 is 19.1 Å². The molecule has 0 aliphatic carbocycles. The number of hydrogen-bond donors (Lipinski definition) is 1. The van der Waals surface area contributed by atoms with E-state index >= 15 is 0 Å². The Bertz CT molecular complexity index is 820. The number of esters is 1. The number of rotatable bonds is 8. The monoisotopic (exact) mass is 428 g/mol. The van der Waals surface area contributed by atoms with E-state index < -0.39 is 5.97 Å². The van der Waals surface area contributed by atoms with Crippen LogP contribution < -0.4 is 5.32 Å². The van der Waals surface area contributed by atoms with E-state index in [2.05, 4.69) is 18.3 Å². The average molecular weight is 429 g/mol. The van der Waals surface area contributed by atoms with Crippen LogP contribution in [0.2, 0.25) is 0 Å². The van der Waals surface area contributed by atoms with Crippen molar-refractivity contribution >= 4 is 23.6 Å². The number of amides is 3. The van der Waals surface area contributed by atoms with Gasteiger partial charge in [-0.25, -0.2) is 9.59 Å². The Labute approximate surface area is 184 Å². The van der Waals surface area contributed by atoms with Gasteiger partial charge in [0.15, 0.2) is 0 Å². The fourth-order valence-corrected chi connectivity index (χ4v) is 3.86. The van der Waals surface area contributed by atoms with Crippen LogP contribution in [0, 0.1) is 23.2 Å². The summed E-state index contributed by atoms with van der Waals surface area (Å²) in [4.78, 5) is 40.5. The van der Waals surface area contributed by atoms with Gasteiger partial charge in [-0.3, -0.25) is 4.79 Å². The summed E-state index contributed by atoms with van der Waals surface area (Å²) in [6.45, 7) is 5.71. The van der Waals surface area contributed by atoms with E-state index in [-0.39, 0.29) is 23.8 Å². The van der Waals surface area contributed by atoms with E-state index in [4.69, 9.17) is 10.00 Å². The third-order valence-electron chi connectivity index (χ3n) is 5.75. The molecular formula is C23H32N4O4. The zero-order valence-corrected chi connectivity index (χ0v) is 18.6. The van der Waals surface area contributed by atoms with Crippen molar-refractivity contribution in [3.05, 3.63) is 29.8 Å². The lowest BCUT2D eigenvalue weighted by Crippen LogP contribution is -2.46. The van der Waals surface area contributed by atoms with Crippen molar-refractivity contribution in [1.29, 1.82) is 5.26 Å². The number of ether oxygens (including phenoxy) is 1. The number of carbonyl (C=O) groups is 3. The molecule has 1 aromatic rings. The van der Waals surface area contributed by atoms with Crippen molar-refractivity contribution in [3.63, 3.8) is 0 Å². The van der Waals surface area contributed by atoms with E-state index in [1.54, 1.807) is 48.0 Å². The summed E-state index contributed by atoms with van der Waals surface area (Å²) in [7, 11) is 1.73. The molecule has 0 aromatic heterocycles. The second kappa shape index (κ2) is 11.9. The van der Waals surface area contributed by atoms with Crippen molar-refractivity contribution in [1.82, 2.24) is 9.80 Å². The van der Waals surface area contributed by atoms with E-state index in [0.29, 0.717) is 50.3 Å². The van der Waals surface area contributed by atoms with Gasteiger partial charge in [-0.05, 0) is 43.4 Å². The van der Waals surface area contributed by atoms with Gasteiger partial charge in [0.25, 0.3) is 0 Å². The van der Waals surface area contributed by atoms with Gasteiger partial charge >= 0.3 is 12.0 Å². The number of benzene rings is 1.